The zero-order chi connectivity index (χ0) is 5.45. The summed E-state index contributed by atoms with van der Waals surface area (Å²) in [7, 11) is 21.2. The van der Waals surface area contributed by atoms with Gasteiger partial charge in [0.05, 0.1) is 0 Å². The Hall–Kier alpha value is 1.97. The molecule has 0 saturated carbocycles. The standard InChI is InChI=1S/2CH4.5ClH.Fe/h2*1H4;5*1H;/q;;;;;;;+3/p-5. The van der Waals surface area contributed by atoms with Gasteiger partial charge in [0.1, 0.15) is 0 Å². The van der Waals surface area contributed by atoms with Crippen molar-refractivity contribution < 1.29 is 7.23 Å². The van der Waals surface area contributed by atoms with E-state index in [9.17, 15) is 0 Å². The van der Waals surface area contributed by atoms with Gasteiger partial charge in [0, 0.05) is 0 Å². The van der Waals surface area contributed by atoms with Crippen LogP contribution in [0.25, 0.3) is 0 Å². The van der Waals surface area contributed by atoms with Gasteiger partial charge in [0.15, 0.2) is 0 Å². The number of hydrogen-bond acceptors (Lipinski definition) is 0. The normalized spacial score (nSPS) is 14.4. The molecule has 0 atom stereocenters. The molecule has 0 radical (unpaired) electrons. The SMILES string of the molecule is C.C.[Cl][Fe-2]([Cl])([Cl])([Cl])[Cl]. The van der Waals surface area contributed by atoms with Gasteiger partial charge in [0.2, 0.25) is 0 Å². The van der Waals surface area contributed by atoms with Gasteiger partial charge in [-0.15, -0.1) is 0 Å². The van der Waals surface area contributed by atoms with Crippen LogP contribution in [0.1, 0.15) is 14.9 Å². The Bertz CT molecular complexity index is 43.6. The van der Waals surface area contributed by atoms with E-state index in [1.807, 2.05) is 0 Å². The van der Waals surface area contributed by atoms with E-state index in [1.165, 1.54) is 0 Å². The van der Waals surface area contributed by atoms with E-state index in [2.05, 4.69) is 0 Å². The molecule has 61 valence electrons. The third-order valence-corrected chi connectivity index (χ3v) is 0. The molecule has 8 heavy (non-hydrogen) atoms. The molecular weight excluding hydrogens is 257 g/mol. The van der Waals surface area contributed by atoms with Crippen molar-refractivity contribution in [2.75, 3.05) is 0 Å². The number of halogens is 5. The van der Waals surface area contributed by atoms with Gasteiger partial charge >= 0.3 is 57.7 Å². The van der Waals surface area contributed by atoms with E-state index in [1.54, 1.807) is 0 Å². The van der Waals surface area contributed by atoms with Crippen molar-refractivity contribution in [1.29, 1.82) is 0 Å². The zero-order valence-corrected chi connectivity index (χ0v) is 7.13. The summed E-state index contributed by atoms with van der Waals surface area (Å²) in [6, 6.07) is 0. The second-order valence-corrected chi connectivity index (χ2v) is 18.7. The monoisotopic (exact) mass is 263 g/mol. The second kappa shape index (κ2) is 3.98. The van der Waals surface area contributed by atoms with E-state index in [0.717, 1.165) is 0 Å². The average molecular weight is 265 g/mol. The summed E-state index contributed by atoms with van der Waals surface area (Å²) in [6.07, 6.45) is 0. The van der Waals surface area contributed by atoms with Crippen molar-refractivity contribution in [3.05, 3.63) is 0 Å². The Balaban J connectivity index is -0.000000125. The van der Waals surface area contributed by atoms with Crippen molar-refractivity contribution in [1.82, 2.24) is 0 Å². The fourth-order valence-corrected chi connectivity index (χ4v) is 0. The predicted molar refractivity (Wildman–Crippen MR) is 42.7 cm³/mol. The summed E-state index contributed by atoms with van der Waals surface area (Å²) in [5.74, 6) is 0. The number of hydrogen-bond donors (Lipinski definition) is 0. The van der Waals surface area contributed by atoms with Gasteiger partial charge in [-0.3, -0.25) is 0 Å². The van der Waals surface area contributed by atoms with Crippen molar-refractivity contribution in [2.24, 2.45) is 0 Å². The first kappa shape index (κ1) is 16.5. The molecule has 0 unspecified atom stereocenters. The third-order valence-electron chi connectivity index (χ3n) is 0. The van der Waals surface area contributed by atoms with Crippen LogP contribution >= 0.6 is 50.5 Å². The summed E-state index contributed by atoms with van der Waals surface area (Å²) >= 11 is 0. The van der Waals surface area contributed by atoms with E-state index in [4.69, 9.17) is 50.5 Å². The first-order chi connectivity index (χ1) is 2.24. The molecule has 0 spiro atoms. The summed E-state index contributed by atoms with van der Waals surface area (Å²) in [5, 5.41) is 0. The number of rotatable bonds is 0. The summed E-state index contributed by atoms with van der Waals surface area (Å²) in [4.78, 5) is 0. The van der Waals surface area contributed by atoms with Crippen molar-refractivity contribution in [3.63, 3.8) is 0 Å². The van der Waals surface area contributed by atoms with Gasteiger partial charge in [-0.05, 0) is 0 Å². The Morgan fingerprint density at radius 3 is 0.625 bits per heavy atom. The van der Waals surface area contributed by atoms with Crippen LogP contribution in [0.5, 0.6) is 0 Å². The maximum absolute atomic E-state index is 4.99. The molecular formula is C2H8Cl5Fe-2. The van der Waals surface area contributed by atoms with Crippen LogP contribution in [0.2, 0.25) is 0 Å². The van der Waals surface area contributed by atoms with Crippen LogP contribution < -0.4 is 0 Å². The van der Waals surface area contributed by atoms with E-state index in [-0.39, 0.29) is 14.9 Å². The first-order valence-corrected chi connectivity index (χ1v) is 8.26. The fraction of sp³-hybridized carbons (Fsp3) is 1.00. The van der Waals surface area contributed by atoms with Crippen molar-refractivity contribution in [2.45, 2.75) is 14.9 Å². The molecule has 0 N–H and O–H groups in total. The molecule has 6 heteroatoms. The van der Waals surface area contributed by atoms with Gasteiger partial charge in [-0.25, -0.2) is 0 Å². The molecule has 0 fully saturated rings. The van der Waals surface area contributed by atoms with Crippen molar-refractivity contribution >= 4 is 50.5 Å². The Morgan fingerprint density at radius 2 is 0.625 bits per heavy atom. The molecule has 0 aromatic carbocycles. The molecule has 0 aliphatic rings. The molecule has 0 bridgehead atoms. The molecule has 0 aliphatic carbocycles. The Kier molecular flexibility index (Phi) is 8.21. The summed E-state index contributed by atoms with van der Waals surface area (Å²) < 4.78 is 0. The van der Waals surface area contributed by atoms with Crippen LogP contribution in [0.3, 0.4) is 0 Å². The molecule has 0 aromatic heterocycles. The summed E-state index contributed by atoms with van der Waals surface area (Å²) in [5.41, 5.74) is 0. The molecule has 0 saturated heterocycles. The van der Waals surface area contributed by atoms with Crippen LogP contribution in [0.4, 0.5) is 0 Å². The fourth-order valence-electron chi connectivity index (χ4n) is 0. The molecule has 0 amide bonds. The van der Waals surface area contributed by atoms with E-state index >= 15 is 0 Å². The van der Waals surface area contributed by atoms with Crippen LogP contribution in [0.15, 0.2) is 0 Å². The van der Waals surface area contributed by atoms with Crippen LogP contribution in [0, 0.1) is 0 Å². The quantitative estimate of drug-likeness (QED) is 0.556. The first-order valence-electron chi connectivity index (χ1n) is 0.668. The van der Waals surface area contributed by atoms with Crippen LogP contribution in [-0.2, 0) is 7.23 Å². The predicted octanol–water partition coefficient (Wildman–Crippen LogP) is 4.72. The third kappa shape index (κ3) is 99.8. The molecule has 0 rings (SSSR count). The van der Waals surface area contributed by atoms with Gasteiger partial charge < -0.3 is 0 Å². The maximum atomic E-state index is 4.99. The average Bonchev–Trinajstić information content (AvgIpc) is 0.650. The van der Waals surface area contributed by atoms with Gasteiger partial charge in [0.25, 0.3) is 0 Å². The van der Waals surface area contributed by atoms with Crippen LogP contribution in [-0.4, -0.2) is 0 Å². The van der Waals surface area contributed by atoms with E-state index < -0.39 is 7.23 Å². The Labute approximate surface area is 72.1 Å². The van der Waals surface area contributed by atoms with Crippen molar-refractivity contribution in [3.8, 4) is 0 Å². The van der Waals surface area contributed by atoms with Gasteiger partial charge in [-0.1, -0.05) is 14.9 Å². The molecule has 0 aromatic rings. The summed E-state index contributed by atoms with van der Waals surface area (Å²) in [6.45, 7) is 0. The Morgan fingerprint density at radius 1 is 0.625 bits per heavy atom. The second-order valence-electron chi connectivity index (χ2n) is 0.505. The zero-order valence-electron chi connectivity index (χ0n) is 2.24. The minimum absolute atomic E-state index is 0. The molecule has 0 nitrogen and oxygen atoms in total. The minimum atomic E-state index is -3.79. The van der Waals surface area contributed by atoms with Gasteiger partial charge in [-0.2, -0.15) is 0 Å². The van der Waals surface area contributed by atoms with E-state index in [0.29, 0.717) is 0 Å². The topological polar surface area (TPSA) is 0 Å². The molecule has 0 heterocycles. The molecule has 0 aliphatic heterocycles.